The molecule has 0 aliphatic carbocycles. The molecule has 0 fully saturated rings. The first kappa shape index (κ1) is 14.6. The summed E-state index contributed by atoms with van der Waals surface area (Å²) < 4.78 is 25.4. The van der Waals surface area contributed by atoms with Crippen LogP contribution in [-0.2, 0) is 14.8 Å². The van der Waals surface area contributed by atoms with Gasteiger partial charge in [0.1, 0.15) is 11.4 Å². The molecule has 8 heteroatoms. The second kappa shape index (κ2) is 5.95. The van der Waals surface area contributed by atoms with Gasteiger partial charge in [0.15, 0.2) is 0 Å². The highest BCUT2D eigenvalue weighted by atomic mass is 79.9. The highest BCUT2D eigenvalue weighted by molar-refractivity contribution is 9.10. The average Bonchev–Trinajstić information content (AvgIpc) is 2.28. The van der Waals surface area contributed by atoms with E-state index in [-0.39, 0.29) is 11.4 Å². The number of terminal acetylenes is 1. The Kier molecular flexibility index (Phi) is 4.84. The van der Waals surface area contributed by atoms with E-state index in [0.29, 0.717) is 8.78 Å². The van der Waals surface area contributed by atoms with Crippen LogP contribution >= 0.6 is 15.9 Å². The van der Waals surface area contributed by atoms with E-state index < -0.39 is 22.5 Å². The molecule has 1 N–H and O–H groups in total. The highest BCUT2D eigenvalue weighted by Crippen LogP contribution is 2.18. The predicted molar refractivity (Wildman–Crippen MR) is 67.2 cm³/mol. The van der Waals surface area contributed by atoms with Gasteiger partial charge in [-0.05, 0) is 22.0 Å². The molecule has 0 unspecified atom stereocenters. The number of hydrogen-bond donors (Lipinski definition) is 1. The van der Waals surface area contributed by atoms with E-state index in [1.807, 2.05) is 0 Å². The second-order valence-electron chi connectivity index (χ2n) is 3.21. The SMILES string of the molecule is C#CCN(CC(=O)O)S(=O)(=O)c1cncc(Br)c1. The number of halogens is 1. The van der Waals surface area contributed by atoms with Crippen LogP contribution in [0.4, 0.5) is 0 Å². The first-order valence-electron chi connectivity index (χ1n) is 4.64. The smallest absolute Gasteiger partial charge is 0.318 e. The summed E-state index contributed by atoms with van der Waals surface area (Å²) in [6, 6.07) is 1.33. The number of hydrogen-bond acceptors (Lipinski definition) is 4. The molecule has 96 valence electrons. The summed E-state index contributed by atoms with van der Waals surface area (Å²) in [6.07, 6.45) is 7.58. The zero-order valence-corrected chi connectivity index (χ0v) is 11.5. The van der Waals surface area contributed by atoms with Gasteiger partial charge >= 0.3 is 5.97 Å². The Morgan fingerprint density at radius 2 is 2.22 bits per heavy atom. The Balaban J connectivity index is 3.17. The van der Waals surface area contributed by atoms with E-state index in [0.717, 1.165) is 6.20 Å². The minimum atomic E-state index is -3.96. The molecule has 6 nitrogen and oxygen atoms in total. The summed E-state index contributed by atoms with van der Waals surface area (Å²) in [5.41, 5.74) is 0. The van der Waals surface area contributed by atoms with E-state index >= 15 is 0 Å². The molecule has 0 radical (unpaired) electrons. The third-order valence-corrected chi connectivity index (χ3v) is 4.09. The molecule has 0 atom stereocenters. The largest absolute Gasteiger partial charge is 0.480 e. The number of carbonyl (C=O) groups is 1. The minimum Gasteiger partial charge on any atom is -0.480 e. The summed E-state index contributed by atoms with van der Waals surface area (Å²) in [6.45, 7) is -1.01. The van der Waals surface area contributed by atoms with Crippen LogP contribution in [0.1, 0.15) is 0 Å². The maximum Gasteiger partial charge on any atom is 0.318 e. The van der Waals surface area contributed by atoms with Crippen LogP contribution < -0.4 is 0 Å². The quantitative estimate of drug-likeness (QED) is 0.795. The van der Waals surface area contributed by atoms with E-state index in [1.165, 1.54) is 12.3 Å². The van der Waals surface area contributed by atoms with Crippen molar-refractivity contribution in [3.05, 3.63) is 22.9 Å². The molecule has 0 saturated heterocycles. The van der Waals surface area contributed by atoms with Gasteiger partial charge in [0.25, 0.3) is 0 Å². The molecule has 18 heavy (non-hydrogen) atoms. The Labute approximate surface area is 113 Å². The van der Waals surface area contributed by atoms with Crippen molar-refractivity contribution < 1.29 is 18.3 Å². The summed E-state index contributed by atoms with van der Waals surface area (Å²) in [5.74, 6) is 0.834. The number of pyridine rings is 1. The number of sulfonamides is 1. The highest BCUT2D eigenvalue weighted by Gasteiger charge is 2.26. The van der Waals surface area contributed by atoms with Gasteiger partial charge < -0.3 is 5.11 Å². The van der Waals surface area contributed by atoms with Crippen LogP contribution in [0, 0.1) is 12.3 Å². The van der Waals surface area contributed by atoms with E-state index in [9.17, 15) is 13.2 Å². The number of aliphatic carboxylic acids is 1. The fourth-order valence-corrected chi connectivity index (χ4v) is 2.97. The van der Waals surface area contributed by atoms with Gasteiger partial charge in [-0.3, -0.25) is 9.78 Å². The van der Waals surface area contributed by atoms with Gasteiger partial charge in [0.2, 0.25) is 10.0 Å². The first-order valence-corrected chi connectivity index (χ1v) is 6.87. The normalized spacial score (nSPS) is 11.2. The molecule has 0 aliphatic heterocycles. The van der Waals surface area contributed by atoms with E-state index in [4.69, 9.17) is 11.5 Å². The molecule has 0 aromatic carbocycles. The van der Waals surface area contributed by atoms with Crippen LogP contribution in [0.25, 0.3) is 0 Å². The number of carboxylic acids is 1. The summed E-state index contributed by atoms with van der Waals surface area (Å²) in [7, 11) is -3.96. The Morgan fingerprint density at radius 1 is 1.56 bits per heavy atom. The lowest BCUT2D eigenvalue weighted by Crippen LogP contribution is -2.36. The maximum absolute atomic E-state index is 12.1. The van der Waals surface area contributed by atoms with Crippen molar-refractivity contribution in [2.24, 2.45) is 0 Å². The van der Waals surface area contributed by atoms with Crippen molar-refractivity contribution in [1.82, 2.24) is 9.29 Å². The van der Waals surface area contributed by atoms with Gasteiger partial charge in [0.05, 0.1) is 6.54 Å². The molecular formula is C10H9BrN2O4S. The summed E-state index contributed by atoms with van der Waals surface area (Å²) in [5, 5.41) is 8.68. The molecule has 0 aliphatic rings. The Morgan fingerprint density at radius 3 is 2.72 bits per heavy atom. The van der Waals surface area contributed by atoms with Crippen molar-refractivity contribution in [2.45, 2.75) is 4.90 Å². The Bertz CT molecular complexity index is 594. The van der Waals surface area contributed by atoms with Crippen molar-refractivity contribution in [1.29, 1.82) is 0 Å². The topological polar surface area (TPSA) is 87.6 Å². The van der Waals surface area contributed by atoms with Gasteiger partial charge in [-0.2, -0.15) is 4.31 Å². The molecule has 1 aromatic rings. The molecule has 0 bridgehead atoms. The second-order valence-corrected chi connectivity index (χ2v) is 6.06. The third kappa shape index (κ3) is 3.53. The number of aromatic nitrogens is 1. The molecule has 0 spiro atoms. The van der Waals surface area contributed by atoms with Crippen LogP contribution in [0.2, 0.25) is 0 Å². The zero-order valence-electron chi connectivity index (χ0n) is 9.08. The Hall–Kier alpha value is -1.43. The van der Waals surface area contributed by atoms with Crippen molar-refractivity contribution in [2.75, 3.05) is 13.1 Å². The lowest BCUT2D eigenvalue weighted by atomic mass is 10.5. The lowest BCUT2D eigenvalue weighted by Gasteiger charge is -2.17. The average molecular weight is 333 g/mol. The van der Waals surface area contributed by atoms with E-state index in [2.05, 4.69) is 26.8 Å². The van der Waals surface area contributed by atoms with Gasteiger partial charge in [0, 0.05) is 16.9 Å². The van der Waals surface area contributed by atoms with Gasteiger partial charge in [-0.15, -0.1) is 6.42 Å². The number of carboxylic acid groups (broad SMARTS) is 1. The van der Waals surface area contributed by atoms with Crippen molar-refractivity contribution in [3.8, 4) is 12.3 Å². The standard InChI is InChI=1S/C10H9BrN2O4S/c1-2-3-13(7-10(14)15)18(16,17)9-4-8(11)5-12-6-9/h1,4-6H,3,7H2,(H,14,15). The lowest BCUT2D eigenvalue weighted by molar-refractivity contribution is -0.137. The third-order valence-electron chi connectivity index (χ3n) is 1.90. The zero-order chi connectivity index (χ0) is 13.8. The maximum atomic E-state index is 12.1. The molecule has 1 aromatic heterocycles. The van der Waals surface area contributed by atoms with Crippen molar-refractivity contribution >= 4 is 31.9 Å². The summed E-state index contributed by atoms with van der Waals surface area (Å²) >= 11 is 3.09. The van der Waals surface area contributed by atoms with Gasteiger partial charge in [-0.1, -0.05) is 5.92 Å². The van der Waals surface area contributed by atoms with Crippen LogP contribution in [-0.4, -0.2) is 41.9 Å². The fourth-order valence-electron chi connectivity index (χ4n) is 1.16. The molecule has 1 rings (SSSR count). The van der Waals surface area contributed by atoms with Crippen molar-refractivity contribution in [3.63, 3.8) is 0 Å². The summed E-state index contributed by atoms with van der Waals surface area (Å²) in [4.78, 5) is 14.2. The van der Waals surface area contributed by atoms with Gasteiger partial charge in [-0.25, -0.2) is 8.42 Å². The fraction of sp³-hybridized carbons (Fsp3) is 0.200. The van der Waals surface area contributed by atoms with Crippen LogP contribution in [0.15, 0.2) is 27.8 Å². The van der Waals surface area contributed by atoms with E-state index in [1.54, 1.807) is 0 Å². The minimum absolute atomic E-state index is 0.117. The van der Waals surface area contributed by atoms with Crippen LogP contribution in [0.3, 0.4) is 0 Å². The number of nitrogens with zero attached hydrogens (tertiary/aromatic N) is 2. The van der Waals surface area contributed by atoms with Crippen LogP contribution in [0.5, 0.6) is 0 Å². The monoisotopic (exact) mass is 332 g/mol. The molecule has 1 heterocycles. The number of rotatable bonds is 5. The predicted octanol–water partition coefficient (Wildman–Crippen LogP) is 0.553. The first-order chi connectivity index (χ1) is 8.37. The molecular weight excluding hydrogens is 324 g/mol. The molecule has 0 saturated carbocycles. The molecule has 0 amide bonds.